The summed E-state index contributed by atoms with van der Waals surface area (Å²) in [5.74, 6) is 0.795. The summed E-state index contributed by atoms with van der Waals surface area (Å²) in [5.41, 5.74) is 4.37. The van der Waals surface area contributed by atoms with Gasteiger partial charge in [0, 0.05) is 26.2 Å². The van der Waals surface area contributed by atoms with E-state index in [4.69, 9.17) is 4.74 Å². The third-order valence-electron chi connectivity index (χ3n) is 5.43. The predicted octanol–water partition coefficient (Wildman–Crippen LogP) is 3.26. The SMILES string of the molecule is c1ccc(-n2ncc3c(NCc4ccccc4CN4CCOCC4)ncnc32)cc1. The zero-order valence-corrected chi connectivity index (χ0v) is 16.7. The van der Waals surface area contributed by atoms with E-state index in [2.05, 4.69) is 49.5 Å². The first-order chi connectivity index (χ1) is 14.9. The molecule has 0 radical (unpaired) electrons. The van der Waals surface area contributed by atoms with Gasteiger partial charge in [0.05, 0.1) is 30.5 Å². The van der Waals surface area contributed by atoms with E-state index in [1.54, 1.807) is 6.33 Å². The number of nitrogens with one attached hydrogen (secondary N) is 1. The molecule has 0 aliphatic carbocycles. The Morgan fingerprint density at radius 1 is 0.900 bits per heavy atom. The second-order valence-electron chi connectivity index (χ2n) is 7.36. The zero-order valence-electron chi connectivity index (χ0n) is 16.7. The largest absolute Gasteiger partial charge is 0.379 e. The molecule has 0 saturated carbocycles. The summed E-state index contributed by atoms with van der Waals surface area (Å²) in [6.45, 7) is 5.21. The van der Waals surface area contributed by atoms with Crippen LogP contribution in [0, 0.1) is 0 Å². The second kappa shape index (κ2) is 8.61. The average molecular weight is 400 g/mol. The molecule has 30 heavy (non-hydrogen) atoms. The molecule has 7 heteroatoms. The van der Waals surface area contributed by atoms with E-state index in [0.29, 0.717) is 6.54 Å². The van der Waals surface area contributed by atoms with Gasteiger partial charge in [-0.15, -0.1) is 0 Å². The first-order valence-corrected chi connectivity index (χ1v) is 10.2. The van der Waals surface area contributed by atoms with Gasteiger partial charge in [0.15, 0.2) is 5.65 Å². The highest BCUT2D eigenvalue weighted by molar-refractivity contribution is 5.87. The van der Waals surface area contributed by atoms with Crippen LogP contribution in [-0.2, 0) is 17.8 Å². The lowest BCUT2D eigenvalue weighted by molar-refractivity contribution is 0.0341. The number of benzene rings is 2. The third kappa shape index (κ3) is 3.90. The minimum absolute atomic E-state index is 0.698. The molecule has 4 aromatic rings. The van der Waals surface area contributed by atoms with Crippen LogP contribution in [0.4, 0.5) is 5.82 Å². The highest BCUT2D eigenvalue weighted by Crippen LogP contribution is 2.22. The number of aromatic nitrogens is 4. The van der Waals surface area contributed by atoms with E-state index in [9.17, 15) is 0 Å². The Bertz CT molecular complexity index is 1120. The van der Waals surface area contributed by atoms with E-state index in [1.807, 2.05) is 41.2 Å². The fourth-order valence-corrected chi connectivity index (χ4v) is 3.81. The summed E-state index contributed by atoms with van der Waals surface area (Å²) >= 11 is 0. The Morgan fingerprint density at radius 2 is 1.67 bits per heavy atom. The molecule has 1 N–H and O–H groups in total. The van der Waals surface area contributed by atoms with Gasteiger partial charge in [-0.25, -0.2) is 14.6 Å². The third-order valence-corrected chi connectivity index (χ3v) is 5.43. The summed E-state index contributed by atoms with van der Waals surface area (Å²) in [6, 6.07) is 18.6. The molecular formula is C23H24N6O. The van der Waals surface area contributed by atoms with Crippen LogP contribution in [-0.4, -0.2) is 51.0 Å². The van der Waals surface area contributed by atoms with E-state index in [0.717, 1.165) is 55.4 Å². The van der Waals surface area contributed by atoms with Crippen LogP contribution >= 0.6 is 0 Å². The zero-order chi connectivity index (χ0) is 20.2. The molecule has 0 bridgehead atoms. The topological polar surface area (TPSA) is 68.1 Å². The number of hydrogen-bond donors (Lipinski definition) is 1. The fraction of sp³-hybridized carbons (Fsp3) is 0.261. The van der Waals surface area contributed by atoms with Crippen molar-refractivity contribution in [1.29, 1.82) is 0 Å². The number of hydrogen-bond acceptors (Lipinski definition) is 6. The number of rotatable bonds is 6. The lowest BCUT2D eigenvalue weighted by Crippen LogP contribution is -2.35. The Labute approximate surface area is 175 Å². The van der Waals surface area contributed by atoms with Gasteiger partial charge in [0.2, 0.25) is 0 Å². The molecule has 0 spiro atoms. The van der Waals surface area contributed by atoms with Crippen LogP contribution in [0.5, 0.6) is 0 Å². The van der Waals surface area contributed by atoms with Gasteiger partial charge in [-0.05, 0) is 23.3 Å². The standard InChI is InChI=1S/C23H24N6O/c1-2-8-20(9-3-1)29-23-21(15-27-29)22(25-17-26-23)24-14-18-6-4-5-7-19(18)16-28-10-12-30-13-11-28/h1-9,15,17H,10-14,16H2,(H,24,25,26). The lowest BCUT2D eigenvalue weighted by Gasteiger charge is -2.27. The maximum absolute atomic E-state index is 5.47. The van der Waals surface area contributed by atoms with Crippen LogP contribution < -0.4 is 5.32 Å². The molecule has 0 unspecified atom stereocenters. The van der Waals surface area contributed by atoms with E-state index < -0.39 is 0 Å². The molecule has 1 saturated heterocycles. The Hall–Kier alpha value is -3.29. The average Bonchev–Trinajstić information content (AvgIpc) is 3.25. The van der Waals surface area contributed by atoms with Gasteiger partial charge in [-0.2, -0.15) is 5.10 Å². The van der Waals surface area contributed by atoms with Gasteiger partial charge in [0.25, 0.3) is 0 Å². The fourth-order valence-electron chi connectivity index (χ4n) is 3.81. The van der Waals surface area contributed by atoms with Crippen molar-refractivity contribution in [2.45, 2.75) is 13.1 Å². The first kappa shape index (κ1) is 18.7. The molecule has 2 aromatic carbocycles. The molecule has 0 atom stereocenters. The van der Waals surface area contributed by atoms with Crippen molar-refractivity contribution >= 4 is 16.9 Å². The van der Waals surface area contributed by atoms with Crippen molar-refractivity contribution in [1.82, 2.24) is 24.6 Å². The van der Waals surface area contributed by atoms with Crippen molar-refractivity contribution < 1.29 is 4.74 Å². The molecule has 7 nitrogen and oxygen atoms in total. The van der Waals surface area contributed by atoms with Crippen molar-refractivity contribution in [3.63, 3.8) is 0 Å². The highest BCUT2D eigenvalue weighted by atomic mass is 16.5. The van der Waals surface area contributed by atoms with Gasteiger partial charge in [0.1, 0.15) is 12.1 Å². The monoisotopic (exact) mass is 400 g/mol. The van der Waals surface area contributed by atoms with Crippen molar-refractivity contribution in [3.05, 3.63) is 78.2 Å². The smallest absolute Gasteiger partial charge is 0.168 e. The van der Waals surface area contributed by atoms with Crippen molar-refractivity contribution in [3.8, 4) is 5.69 Å². The van der Waals surface area contributed by atoms with Gasteiger partial charge < -0.3 is 10.1 Å². The molecule has 1 aliphatic heterocycles. The number of morpholine rings is 1. The maximum Gasteiger partial charge on any atom is 0.168 e. The van der Waals surface area contributed by atoms with Crippen LogP contribution in [0.3, 0.4) is 0 Å². The molecule has 152 valence electrons. The van der Waals surface area contributed by atoms with Crippen LogP contribution in [0.2, 0.25) is 0 Å². The summed E-state index contributed by atoms with van der Waals surface area (Å²) < 4.78 is 7.31. The number of anilines is 1. The normalized spacial score (nSPS) is 14.8. The van der Waals surface area contributed by atoms with Gasteiger partial charge in [-0.3, -0.25) is 4.90 Å². The van der Waals surface area contributed by atoms with Gasteiger partial charge in [-0.1, -0.05) is 42.5 Å². The summed E-state index contributed by atoms with van der Waals surface area (Å²) in [4.78, 5) is 11.4. The van der Waals surface area contributed by atoms with Crippen LogP contribution in [0.1, 0.15) is 11.1 Å². The van der Waals surface area contributed by atoms with Crippen LogP contribution in [0.15, 0.2) is 67.1 Å². The highest BCUT2D eigenvalue weighted by Gasteiger charge is 2.14. The Morgan fingerprint density at radius 3 is 2.50 bits per heavy atom. The molecule has 1 fully saturated rings. The number of para-hydroxylation sites is 1. The quantitative estimate of drug-likeness (QED) is 0.536. The predicted molar refractivity (Wildman–Crippen MR) is 117 cm³/mol. The second-order valence-corrected chi connectivity index (χ2v) is 7.36. The van der Waals surface area contributed by atoms with E-state index in [1.165, 1.54) is 11.1 Å². The number of ether oxygens (including phenoxy) is 1. The van der Waals surface area contributed by atoms with Crippen molar-refractivity contribution in [2.75, 3.05) is 31.6 Å². The minimum Gasteiger partial charge on any atom is -0.379 e. The van der Waals surface area contributed by atoms with Crippen molar-refractivity contribution in [2.24, 2.45) is 0 Å². The molecule has 1 aliphatic rings. The van der Waals surface area contributed by atoms with E-state index in [-0.39, 0.29) is 0 Å². The van der Waals surface area contributed by atoms with Crippen LogP contribution in [0.25, 0.3) is 16.7 Å². The van der Waals surface area contributed by atoms with Gasteiger partial charge >= 0.3 is 0 Å². The summed E-state index contributed by atoms with van der Waals surface area (Å²) in [6.07, 6.45) is 3.41. The molecule has 3 heterocycles. The lowest BCUT2D eigenvalue weighted by atomic mass is 10.1. The maximum atomic E-state index is 5.47. The Kier molecular flexibility index (Phi) is 5.37. The Balaban J connectivity index is 1.37. The first-order valence-electron chi connectivity index (χ1n) is 10.2. The summed E-state index contributed by atoms with van der Waals surface area (Å²) in [5, 5.41) is 8.94. The number of fused-ring (bicyclic) bond motifs is 1. The molecule has 2 aromatic heterocycles. The molecular weight excluding hydrogens is 376 g/mol. The summed E-state index contributed by atoms with van der Waals surface area (Å²) in [7, 11) is 0. The molecule has 5 rings (SSSR count). The number of nitrogens with zero attached hydrogens (tertiary/aromatic N) is 5. The molecule has 0 amide bonds. The minimum atomic E-state index is 0.698. The van der Waals surface area contributed by atoms with E-state index >= 15 is 0 Å².